The molecule has 2 atom stereocenters. The molecule has 5 nitrogen and oxygen atoms in total. The van der Waals surface area contributed by atoms with E-state index in [1.165, 1.54) is 11.8 Å². The van der Waals surface area contributed by atoms with Crippen molar-refractivity contribution in [1.82, 2.24) is 5.32 Å². The number of amidine groups is 1. The molecule has 0 aliphatic carbocycles. The summed E-state index contributed by atoms with van der Waals surface area (Å²) < 4.78 is 0. The van der Waals surface area contributed by atoms with Crippen LogP contribution in [0.3, 0.4) is 0 Å². The fourth-order valence-corrected chi connectivity index (χ4v) is 2.98. The Morgan fingerprint density at radius 1 is 1.41 bits per heavy atom. The van der Waals surface area contributed by atoms with Crippen LogP contribution >= 0.6 is 11.8 Å². The highest BCUT2D eigenvalue weighted by atomic mass is 32.2. The average molecular weight is 319 g/mol. The van der Waals surface area contributed by atoms with Gasteiger partial charge >= 0.3 is 0 Å². The summed E-state index contributed by atoms with van der Waals surface area (Å²) in [6.07, 6.45) is 1.06. The zero-order valence-electron chi connectivity index (χ0n) is 13.1. The van der Waals surface area contributed by atoms with Crippen molar-refractivity contribution in [2.45, 2.75) is 44.9 Å². The molecule has 0 aromatic heterocycles. The molecule has 2 N–H and O–H groups in total. The lowest BCUT2D eigenvalue weighted by atomic mass is 10.2. The molecule has 6 heteroatoms. The van der Waals surface area contributed by atoms with Gasteiger partial charge in [0.25, 0.3) is 0 Å². The molecule has 2 rings (SSSR count). The third-order valence-corrected chi connectivity index (χ3v) is 4.51. The Morgan fingerprint density at radius 2 is 2.09 bits per heavy atom. The van der Waals surface area contributed by atoms with E-state index in [2.05, 4.69) is 15.6 Å². The number of carbonyl (C=O) groups excluding carboxylic acids is 2. The van der Waals surface area contributed by atoms with Crippen LogP contribution in [0.2, 0.25) is 0 Å². The number of aliphatic imine (C=N–C) groups is 1. The van der Waals surface area contributed by atoms with Crippen molar-refractivity contribution < 1.29 is 9.59 Å². The molecule has 1 saturated heterocycles. The normalized spacial score (nSPS) is 20.8. The lowest BCUT2D eigenvalue weighted by Gasteiger charge is -2.07. The Kier molecular flexibility index (Phi) is 5.60. The van der Waals surface area contributed by atoms with Gasteiger partial charge in [-0.25, -0.2) is 0 Å². The standard InChI is InChI=1S/C16H21N3O2S/c1-4-11(3)17-16-19-15(21)13(22-16)9-14(20)18-12-7-5-10(2)6-8-12/h5-8,11,13H,4,9H2,1-3H3,(H,18,20)(H,17,19,21)/t11-,13-/m0/s1. The molecule has 2 amide bonds. The predicted octanol–water partition coefficient (Wildman–Crippen LogP) is 2.71. The summed E-state index contributed by atoms with van der Waals surface area (Å²) in [5.41, 5.74) is 1.88. The van der Waals surface area contributed by atoms with E-state index in [0.717, 1.165) is 17.7 Å². The number of anilines is 1. The van der Waals surface area contributed by atoms with Crippen molar-refractivity contribution in [3.63, 3.8) is 0 Å². The van der Waals surface area contributed by atoms with Crippen molar-refractivity contribution >= 4 is 34.4 Å². The largest absolute Gasteiger partial charge is 0.326 e. The second kappa shape index (κ2) is 7.45. The van der Waals surface area contributed by atoms with Crippen LogP contribution in [0.25, 0.3) is 0 Å². The van der Waals surface area contributed by atoms with Crippen LogP contribution in [0.4, 0.5) is 5.69 Å². The number of nitrogens with one attached hydrogen (secondary N) is 2. The second-order valence-electron chi connectivity index (χ2n) is 5.41. The molecule has 118 valence electrons. The van der Waals surface area contributed by atoms with E-state index in [4.69, 9.17) is 0 Å². The summed E-state index contributed by atoms with van der Waals surface area (Å²) in [7, 11) is 0. The Bertz CT molecular complexity index is 584. The minimum atomic E-state index is -0.409. The first kappa shape index (κ1) is 16.5. The van der Waals surface area contributed by atoms with Crippen molar-refractivity contribution in [2.75, 3.05) is 5.32 Å². The van der Waals surface area contributed by atoms with Gasteiger partial charge in [0.1, 0.15) is 5.25 Å². The number of hydrogen-bond acceptors (Lipinski definition) is 4. The Morgan fingerprint density at radius 3 is 2.73 bits per heavy atom. The van der Waals surface area contributed by atoms with Gasteiger partial charge in [0.05, 0.1) is 0 Å². The smallest absolute Gasteiger partial charge is 0.240 e. The third kappa shape index (κ3) is 4.59. The number of amides is 2. The van der Waals surface area contributed by atoms with E-state index in [1.807, 2.05) is 45.0 Å². The quantitative estimate of drug-likeness (QED) is 0.876. The highest BCUT2D eigenvalue weighted by molar-refractivity contribution is 8.15. The first-order valence-corrected chi connectivity index (χ1v) is 8.27. The van der Waals surface area contributed by atoms with E-state index in [-0.39, 0.29) is 24.3 Å². The predicted molar refractivity (Wildman–Crippen MR) is 91.1 cm³/mol. The number of benzene rings is 1. The van der Waals surface area contributed by atoms with Gasteiger partial charge in [-0.15, -0.1) is 0 Å². The van der Waals surface area contributed by atoms with Gasteiger partial charge in [0.15, 0.2) is 5.17 Å². The first-order chi connectivity index (χ1) is 10.5. The van der Waals surface area contributed by atoms with Gasteiger partial charge in [-0.1, -0.05) is 36.4 Å². The van der Waals surface area contributed by atoms with Crippen LogP contribution < -0.4 is 10.6 Å². The number of carbonyl (C=O) groups is 2. The van der Waals surface area contributed by atoms with Gasteiger partial charge < -0.3 is 10.6 Å². The molecule has 0 bridgehead atoms. The molecule has 0 saturated carbocycles. The van der Waals surface area contributed by atoms with E-state index < -0.39 is 5.25 Å². The van der Waals surface area contributed by atoms with Crippen LogP contribution in [0.1, 0.15) is 32.3 Å². The van der Waals surface area contributed by atoms with E-state index in [0.29, 0.717) is 5.17 Å². The summed E-state index contributed by atoms with van der Waals surface area (Å²) >= 11 is 1.33. The molecular weight excluding hydrogens is 298 g/mol. The fourth-order valence-electron chi connectivity index (χ4n) is 1.91. The molecule has 0 spiro atoms. The van der Waals surface area contributed by atoms with E-state index in [1.54, 1.807) is 0 Å². The van der Waals surface area contributed by atoms with Gasteiger partial charge in [-0.3, -0.25) is 14.6 Å². The summed E-state index contributed by atoms with van der Waals surface area (Å²) in [6.45, 7) is 6.03. The van der Waals surface area contributed by atoms with E-state index >= 15 is 0 Å². The number of rotatable bonds is 5. The number of hydrogen-bond donors (Lipinski definition) is 2. The number of nitrogens with zero attached hydrogens (tertiary/aromatic N) is 1. The van der Waals surface area contributed by atoms with Gasteiger partial charge in [-0.2, -0.15) is 0 Å². The Hall–Kier alpha value is -1.82. The van der Waals surface area contributed by atoms with Crippen LogP contribution in [0, 0.1) is 6.92 Å². The lowest BCUT2D eigenvalue weighted by Crippen LogP contribution is -2.28. The van der Waals surface area contributed by atoms with E-state index in [9.17, 15) is 9.59 Å². The van der Waals surface area contributed by atoms with Crippen molar-refractivity contribution in [3.8, 4) is 0 Å². The summed E-state index contributed by atoms with van der Waals surface area (Å²) in [4.78, 5) is 28.3. The van der Waals surface area contributed by atoms with Crippen LogP contribution in [-0.4, -0.2) is 28.3 Å². The topological polar surface area (TPSA) is 70.6 Å². The number of aryl methyl sites for hydroxylation is 1. The highest BCUT2D eigenvalue weighted by Crippen LogP contribution is 2.23. The monoisotopic (exact) mass is 319 g/mol. The molecule has 22 heavy (non-hydrogen) atoms. The molecule has 1 fully saturated rings. The van der Waals surface area contributed by atoms with Gasteiger partial charge in [0, 0.05) is 18.2 Å². The minimum Gasteiger partial charge on any atom is -0.326 e. The molecular formula is C16H21N3O2S. The maximum atomic E-state index is 12.0. The number of thioether (sulfide) groups is 1. The molecule has 1 aromatic carbocycles. The Balaban J connectivity index is 1.90. The Labute approximate surface area is 135 Å². The van der Waals surface area contributed by atoms with Crippen molar-refractivity contribution in [2.24, 2.45) is 4.99 Å². The molecule has 1 aliphatic rings. The lowest BCUT2D eigenvalue weighted by molar-refractivity contribution is -0.122. The first-order valence-electron chi connectivity index (χ1n) is 7.39. The van der Waals surface area contributed by atoms with Crippen LogP contribution in [-0.2, 0) is 9.59 Å². The van der Waals surface area contributed by atoms with Gasteiger partial charge in [-0.05, 0) is 32.4 Å². The third-order valence-electron chi connectivity index (χ3n) is 3.41. The summed E-state index contributed by atoms with van der Waals surface area (Å²) in [5, 5.41) is 5.76. The average Bonchev–Trinajstić information content (AvgIpc) is 2.81. The van der Waals surface area contributed by atoms with Crippen LogP contribution in [0.15, 0.2) is 29.3 Å². The molecule has 1 heterocycles. The zero-order valence-corrected chi connectivity index (χ0v) is 13.9. The molecule has 0 unspecified atom stereocenters. The fraction of sp³-hybridized carbons (Fsp3) is 0.438. The minimum absolute atomic E-state index is 0.143. The second-order valence-corrected chi connectivity index (χ2v) is 6.60. The molecule has 1 aliphatic heterocycles. The highest BCUT2D eigenvalue weighted by Gasteiger charge is 2.32. The SMILES string of the molecule is CC[C@H](C)N=C1NC(=O)[C@H](CC(=O)Nc2ccc(C)cc2)S1. The molecule has 0 radical (unpaired) electrons. The summed E-state index contributed by atoms with van der Waals surface area (Å²) in [6, 6.07) is 7.74. The maximum Gasteiger partial charge on any atom is 0.240 e. The zero-order chi connectivity index (χ0) is 16.1. The van der Waals surface area contributed by atoms with Crippen molar-refractivity contribution in [3.05, 3.63) is 29.8 Å². The maximum absolute atomic E-state index is 12.0. The van der Waals surface area contributed by atoms with Crippen LogP contribution in [0.5, 0.6) is 0 Å². The molecule has 1 aromatic rings. The summed E-state index contributed by atoms with van der Waals surface area (Å²) in [5.74, 6) is -0.313. The van der Waals surface area contributed by atoms with Crippen molar-refractivity contribution in [1.29, 1.82) is 0 Å². The van der Waals surface area contributed by atoms with Gasteiger partial charge in [0.2, 0.25) is 11.8 Å².